The molecule has 17 heavy (non-hydrogen) atoms. The molecule has 92 valence electrons. The molecule has 6 heteroatoms. The highest BCUT2D eigenvalue weighted by molar-refractivity contribution is 7.11. The number of ether oxygens (including phenoxy) is 1. The van der Waals surface area contributed by atoms with Crippen LogP contribution in [-0.2, 0) is 9.53 Å². The molecule has 0 saturated heterocycles. The minimum Gasteiger partial charge on any atom is -0.465 e. The van der Waals surface area contributed by atoms with E-state index >= 15 is 0 Å². The van der Waals surface area contributed by atoms with Crippen LogP contribution >= 0.6 is 34.5 Å². The highest BCUT2D eigenvalue weighted by Crippen LogP contribution is 2.40. The number of nitrogens with zero attached hydrogens (tertiary/aromatic N) is 1. The Hall–Kier alpha value is -0.760. The summed E-state index contributed by atoms with van der Waals surface area (Å²) < 4.78 is 4.80. The van der Waals surface area contributed by atoms with Crippen molar-refractivity contribution in [3.63, 3.8) is 0 Å². The molecule has 0 aliphatic carbocycles. The van der Waals surface area contributed by atoms with Gasteiger partial charge in [-0.2, -0.15) is 5.26 Å². The molecule has 1 rings (SSSR count). The smallest absolute Gasteiger partial charge is 0.325 e. The molecule has 0 aliphatic heterocycles. The van der Waals surface area contributed by atoms with Gasteiger partial charge in [0.1, 0.15) is 0 Å². The van der Waals surface area contributed by atoms with E-state index in [1.165, 1.54) is 11.3 Å². The Labute approximate surface area is 114 Å². The molecule has 0 fully saturated rings. The van der Waals surface area contributed by atoms with E-state index in [4.69, 9.17) is 33.2 Å². The second kappa shape index (κ2) is 6.25. The molecular formula is C11H11Cl2NO2S. The molecule has 1 heterocycles. The van der Waals surface area contributed by atoms with Gasteiger partial charge in [-0.05, 0) is 24.8 Å². The van der Waals surface area contributed by atoms with Gasteiger partial charge < -0.3 is 4.74 Å². The molecule has 0 aliphatic rings. The number of hydrogen-bond donors (Lipinski definition) is 0. The maximum absolute atomic E-state index is 11.5. The van der Waals surface area contributed by atoms with Crippen LogP contribution in [0.15, 0.2) is 5.38 Å². The van der Waals surface area contributed by atoms with Crippen LogP contribution < -0.4 is 0 Å². The van der Waals surface area contributed by atoms with Gasteiger partial charge in [0.05, 0.1) is 23.1 Å². The average Bonchev–Trinajstić information content (AvgIpc) is 2.61. The number of halogens is 2. The van der Waals surface area contributed by atoms with Crippen LogP contribution in [0.4, 0.5) is 0 Å². The molecule has 0 bridgehead atoms. The van der Waals surface area contributed by atoms with E-state index in [9.17, 15) is 4.79 Å². The van der Waals surface area contributed by atoms with Crippen LogP contribution in [0.5, 0.6) is 0 Å². The van der Waals surface area contributed by atoms with Gasteiger partial charge in [0.15, 0.2) is 5.92 Å². The van der Waals surface area contributed by atoms with Crippen molar-refractivity contribution in [2.24, 2.45) is 5.92 Å². The number of alkyl halides is 1. The van der Waals surface area contributed by atoms with Crippen molar-refractivity contribution in [1.29, 1.82) is 5.26 Å². The van der Waals surface area contributed by atoms with Crippen LogP contribution in [0.2, 0.25) is 5.02 Å². The molecule has 0 amide bonds. The predicted octanol–water partition coefficient (Wildman–Crippen LogP) is 3.69. The van der Waals surface area contributed by atoms with Gasteiger partial charge in [-0.25, -0.2) is 0 Å². The monoisotopic (exact) mass is 291 g/mol. The second-order valence-electron chi connectivity index (χ2n) is 3.36. The molecule has 1 aromatic heterocycles. The molecule has 3 nitrogen and oxygen atoms in total. The van der Waals surface area contributed by atoms with Gasteiger partial charge in [0.2, 0.25) is 0 Å². The van der Waals surface area contributed by atoms with Crippen LogP contribution in [0.25, 0.3) is 0 Å². The topological polar surface area (TPSA) is 50.1 Å². The summed E-state index contributed by atoms with van der Waals surface area (Å²) >= 11 is 13.5. The summed E-state index contributed by atoms with van der Waals surface area (Å²) in [6.07, 6.45) is 0. The summed E-state index contributed by atoms with van der Waals surface area (Å²) in [5, 5.41) is 10.6. The highest BCUT2D eigenvalue weighted by atomic mass is 35.5. The summed E-state index contributed by atoms with van der Waals surface area (Å²) in [6, 6.07) is 1.86. The fraction of sp³-hybridized carbons (Fsp3) is 0.455. The zero-order valence-corrected chi connectivity index (χ0v) is 11.7. The lowest BCUT2D eigenvalue weighted by Crippen LogP contribution is -2.20. The summed E-state index contributed by atoms with van der Waals surface area (Å²) in [5.74, 6) is -1.65. The molecule has 2 unspecified atom stereocenters. The van der Waals surface area contributed by atoms with Gasteiger partial charge >= 0.3 is 5.97 Å². The van der Waals surface area contributed by atoms with Crippen molar-refractivity contribution in [3.8, 4) is 6.07 Å². The Morgan fingerprint density at radius 2 is 2.35 bits per heavy atom. The summed E-state index contributed by atoms with van der Waals surface area (Å²) in [7, 11) is 0. The van der Waals surface area contributed by atoms with Crippen molar-refractivity contribution in [3.05, 3.63) is 20.8 Å². The van der Waals surface area contributed by atoms with Gasteiger partial charge in [0, 0.05) is 4.88 Å². The lowest BCUT2D eigenvalue weighted by Gasteiger charge is -2.13. The number of thiophene rings is 1. The first-order valence-corrected chi connectivity index (χ1v) is 6.66. The van der Waals surface area contributed by atoms with E-state index < -0.39 is 17.3 Å². The van der Waals surface area contributed by atoms with Gasteiger partial charge in [-0.1, -0.05) is 11.6 Å². The summed E-state index contributed by atoms with van der Waals surface area (Å²) in [6.45, 7) is 3.74. The lowest BCUT2D eigenvalue weighted by molar-refractivity contribution is -0.146. The largest absolute Gasteiger partial charge is 0.465 e. The van der Waals surface area contributed by atoms with Crippen LogP contribution in [0, 0.1) is 24.2 Å². The average molecular weight is 292 g/mol. The van der Waals surface area contributed by atoms with Gasteiger partial charge in [0.25, 0.3) is 0 Å². The predicted molar refractivity (Wildman–Crippen MR) is 68.4 cm³/mol. The fourth-order valence-electron chi connectivity index (χ4n) is 1.26. The Kier molecular flexibility index (Phi) is 5.26. The molecule has 0 radical (unpaired) electrons. The standard InChI is InChI=1S/C11H11Cl2NO2S/c1-3-16-11(15)7(4-14)9(13)10-8(12)6(2)5-17-10/h5,7,9H,3H2,1-2H3. The molecule has 0 N–H and O–H groups in total. The maximum atomic E-state index is 11.5. The number of aryl methyl sites for hydroxylation is 1. The third-order valence-electron chi connectivity index (χ3n) is 2.15. The zero-order chi connectivity index (χ0) is 13.0. The van der Waals surface area contributed by atoms with Crippen molar-refractivity contribution in [2.75, 3.05) is 6.61 Å². The third-order valence-corrected chi connectivity index (χ3v) is 4.54. The number of carbonyl (C=O) groups excluding carboxylic acids is 1. The molecule has 0 saturated carbocycles. The maximum Gasteiger partial charge on any atom is 0.325 e. The summed E-state index contributed by atoms with van der Waals surface area (Å²) in [5.41, 5.74) is 0.887. The van der Waals surface area contributed by atoms with E-state index in [2.05, 4.69) is 0 Å². The number of carbonyl (C=O) groups is 1. The number of nitriles is 1. The van der Waals surface area contributed by atoms with Crippen molar-refractivity contribution >= 4 is 40.5 Å². The highest BCUT2D eigenvalue weighted by Gasteiger charge is 2.32. The molecule has 0 spiro atoms. The zero-order valence-electron chi connectivity index (χ0n) is 9.37. The second-order valence-corrected chi connectivity index (χ2v) is 5.12. The molecule has 2 atom stereocenters. The fourth-order valence-corrected chi connectivity index (χ4v) is 3.06. The lowest BCUT2D eigenvalue weighted by atomic mass is 10.1. The van der Waals surface area contributed by atoms with Gasteiger partial charge in [-0.3, -0.25) is 4.79 Å². The minimum atomic E-state index is -1.04. The summed E-state index contributed by atoms with van der Waals surface area (Å²) in [4.78, 5) is 12.2. The van der Waals surface area contributed by atoms with Crippen LogP contribution in [-0.4, -0.2) is 12.6 Å². The van der Waals surface area contributed by atoms with Crippen LogP contribution in [0.3, 0.4) is 0 Å². The van der Waals surface area contributed by atoms with E-state index in [0.29, 0.717) is 9.90 Å². The number of rotatable bonds is 4. The quantitative estimate of drug-likeness (QED) is 0.628. The van der Waals surface area contributed by atoms with Crippen molar-refractivity contribution < 1.29 is 9.53 Å². The Bertz CT molecular complexity index is 453. The van der Waals surface area contributed by atoms with E-state index in [0.717, 1.165) is 5.56 Å². The normalized spacial score (nSPS) is 13.8. The molecule has 1 aromatic rings. The molecular weight excluding hydrogens is 281 g/mol. The van der Waals surface area contributed by atoms with Crippen molar-refractivity contribution in [1.82, 2.24) is 0 Å². The Morgan fingerprint density at radius 1 is 1.71 bits per heavy atom. The Morgan fingerprint density at radius 3 is 2.76 bits per heavy atom. The van der Waals surface area contributed by atoms with E-state index in [-0.39, 0.29) is 6.61 Å². The minimum absolute atomic E-state index is 0.220. The van der Waals surface area contributed by atoms with Gasteiger partial charge in [-0.15, -0.1) is 22.9 Å². The SMILES string of the molecule is CCOC(=O)C(C#N)C(Cl)c1scc(C)c1Cl. The van der Waals surface area contributed by atoms with E-state index in [1.54, 1.807) is 6.92 Å². The van der Waals surface area contributed by atoms with E-state index in [1.807, 2.05) is 18.4 Å². The van der Waals surface area contributed by atoms with Crippen LogP contribution in [0.1, 0.15) is 22.7 Å². The first-order valence-electron chi connectivity index (χ1n) is 4.96. The number of hydrogen-bond acceptors (Lipinski definition) is 4. The Balaban J connectivity index is 2.95. The number of esters is 1. The first-order chi connectivity index (χ1) is 8.02. The third kappa shape index (κ3) is 3.12. The van der Waals surface area contributed by atoms with Crippen molar-refractivity contribution in [2.45, 2.75) is 19.2 Å². The first kappa shape index (κ1) is 14.3. The molecule has 0 aromatic carbocycles.